The monoisotopic (exact) mass is 349 g/mol. The average Bonchev–Trinajstić information content (AvgIpc) is 3.14. The first-order chi connectivity index (χ1) is 12.7. The van der Waals surface area contributed by atoms with Gasteiger partial charge in [-0.2, -0.15) is 0 Å². The van der Waals surface area contributed by atoms with E-state index in [2.05, 4.69) is 29.6 Å². The van der Waals surface area contributed by atoms with E-state index >= 15 is 0 Å². The smallest absolute Gasteiger partial charge is 0.258 e. The van der Waals surface area contributed by atoms with Crippen molar-refractivity contribution in [2.24, 2.45) is 0 Å². The number of fused-ring (bicyclic) bond motifs is 2. The fraction of sp³-hybridized carbons (Fsp3) is 0.435. The second-order valence-corrected chi connectivity index (χ2v) is 7.56. The van der Waals surface area contributed by atoms with E-state index in [1.54, 1.807) is 0 Å². The van der Waals surface area contributed by atoms with Gasteiger partial charge in [-0.3, -0.25) is 4.79 Å². The SMILES string of the molecule is CC(NC(=O)COc1cccc2c1CCCC2)c1ccc2c(c1)CCC2. The summed E-state index contributed by atoms with van der Waals surface area (Å²) in [6, 6.07) is 12.8. The molecule has 1 unspecified atom stereocenters. The minimum absolute atomic E-state index is 0.00156. The molecule has 2 aromatic carbocycles. The maximum atomic E-state index is 12.4. The van der Waals surface area contributed by atoms with E-state index in [0.29, 0.717) is 0 Å². The van der Waals surface area contributed by atoms with Gasteiger partial charge in [0.15, 0.2) is 6.61 Å². The van der Waals surface area contributed by atoms with Crippen LogP contribution in [0.1, 0.15) is 60.0 Å². The van der Waals surface area contributed by atoms with Crippen LogP contribution in [0, 0.1) is 0 Å². The number of hydrogen-bond acceptors (Lipinski definition) is 2. The van der Waals surface area contributed by atoms with Gasteiger partial charge in [-0.15, -0.1) is 0 Å². The molecule has 0 saturated carbocycles. The number of rotatable bonds is 5. The molecule has 2 aromatic rings. The summed E-state index contributed by atoms with van der Waals surface area (Å²) in [7, 11) is 0. The lowest BCUT2D eigenvalue weighted by molar-refractivity contribution is -0.123. The van der Waals surface area contributed by atoms with E-state index in [9.17, 15) is 4.79 Å². The highest BCUT2D eigenvalue weighted by Crippen LogP contribution is 2.29. The van der Waals surface area contributed by atoms with E-state index in [1.807, 2.05) is 19.1 Å². The van der Waals surface area contributed by atoms with Crippen molar-refractivity contribution < 1.29 is 9.53 Å². The van der Waals surface area contributed by atoms with Crippen LogP contribution in [0.5, 0.6) is 5.75 Å². The van der Waals surface area contributed by atoms with Gasteiger partial charge in [0.1, 0.15) is 5.75 Å². The fourth-order valence-corrected chi connectivity index (χ4v) is 4.25. The highest BCUT2D eigenvalue weighted by molar-refractivity contribution is 5.78. The van der Waals surface area contributed by atoms with Gasteiger partial charge in [0, 0.05) is 0 Å². The largest absolute Gasteiger partial charge is 0.483 e. The summed E-state index contributed by atoms with van der Waals surface area (Å²) in [5.74, 6) is 0.814. The summed E-state index contributed by atoms with van der Waals surface area (Å²) >= 11 is 0. The number of amides is 1. The molecule has 136 valence electrons. The van der Waals surface area contributed by atoms with Gasteiger partial charge in [-0.1, -0.05) is 30.3 Å². The molecule has 1 N–H and O–H groups in total. The van der Waals surface area contributed by atoms with Gasteiger partial charge >= 0.3 is 0 Å². The molecule has 1 atom stereocenters. The second kappa shape index (κ2) is 7.53. The quantitative estimate of drug-likeness (QED) is 0.873. The lowest BCUT2D eigenvalue weighted by atomic mass is 9.91. The second-order valence-electron chi connectivity index (χ2n) is 7.56. The lowest BCUT2D eigenvalue weighted by Crippen LogP contribution is -2.31. The maximum Gasteiger partial charge on any atom is 0.258 e. The normalized spacial score (nSPS) is 16.5. The van der Waals surface area contributed by atoms with E-state index in [4.69, 9.17) is 4.74 Å². The van der Waals surface area contributed by atoms with Crippen LogP contribution in [0.3, 0.4) is 0 Å². The molecule has 0 saturated heterocycles. The van der Waals surface area contributed by atoms with Crippen LogP contribution in [-0.4, -0.2) is 12.5 Å². The van der Waals surface area contributed by atoms with Crippen molar-refractivity contribution in [3.8, 4) is 5.75 Å². The molecule has 26 heavy (non-hydrogen) atoms. The number of hydrogen-bond donors (Lipinski definition) is 1. The molecule has 0 aromatic heterocycles. The van der Waals surface area contributed by atoms with Crippen molar-refractivity contribution in [3.63, 3.8) is 0 Å². The van der Waals surface area contributed by atoms with Crippen LogP contribution < -0.4 is 10.1 Å². The molecule has 2 aliphatic carbocycles. The van der Waals surface area contributed by atoms with Gasteiger partial charge in [-0.25, -0.2) is 0 Å². The zero-order valence-corrected chi connectivity index (χ0v) is 15.5. The molecule has 0 bridgehead atoms. The van der Waals surface area contributed by atoms with Crippen LogP contribution in [-0.2, 0) is 30.5 Å². The van der Waals surface area contributed by atoms with Crippen molar-refractivity contribution in [3.05, 3.63) is 64.2 Å². The van der Waals surface area contributed by atoms with Crippen LogP contribution in [0.25, 0.3) is 0 Å². The Labute approximate surface area is 155 Å². The van der Waals surface area contributed by atoms with Crippen LogP contribution in [0.4, 0.5) is 0 Å². The summed E-state index contributed by atoms with van der Waals surface area (Å²) < 4.78 is 5.86. The molecule has 2 aliphatic rings. The van der Waals surface area contributed by atoms with Gasteiger partial charge < -0.3 is 10.1 Å². The Morgan fingerprint density at radius 1 is 1.00 bits per heavy atom. The zero-order chi connectivity index (χ0) is 17.9. The van der Waals surface area contributed by atoms with Crippen molar-refractivity contribution in [2.75, 3.05) is 6.61 Å². The molecule has 0 radical (unpaired) electrons. The van der Waals surface area contributed by atoms with Gasteiger partial charge in [0.2, 0.25) is 0 Å². The molecular formula is C23H27NO2. The van der Waals surface area contributed by atoms with Crippen molar-refractivity contribution in [1.82, 2.24) is 5.32 Å². The first-order valence-electron chi connectivity index (χ1n) is 9.85. The Morgan fingerprint density at radius 3 is 2.73 bits per heavy atom. The molecule has 4 rings (SSSR count). The number of ether oxygens (including phenoxy) is 1. The third-order valence-corrected chi connectivity index (χ3v) is 5.71. The molecule has 0 spiro atoms. The Kier molecular flexibility index (Phi) is 4.96. The average molecular weight is 349 g/mol. The highest BCUT2D eigenvalue weighted by atomic mass is 16.5. The fourth-order valence-electron chi connectivity index (χ4n) is 4.25. The molecule has 3 nitrogen and oxygen atoms in total. The summed E-state index contributed by atoms with van der Waals surface area (Å²) in [5.41, 5.74) is 6.75. The van der Waals surface area contributed by atoms with Gasteiger partial charge in [0.25, 0.3) is 5.91 Å². The summed E-state index contributed by atoms with van der Waals surface area (Å²) in [4.78, 5) is 12.4. The third-order valence-electron chi connectivity index (χ3n) is 5.71. The Balaban J connectivity index is 1.36. The van der Waals surface area contributed by atoms with Gasteiger partial charge in [0.05, 0.1) is 6.04 Å². The number of aryl methyl sites for hydroxylation is 3. The molecular weight excluding hydrogens is 322 g/mol. The summed E-state index contributed by atoms with van der Waals surface area (Å²) in [6.45, 7) is 2.12. The van der Waals surface area contributed by atoms with Crippen LogP contribution in [0.15, 0.2) is 36.4 Å². The molecule has 1 amide bonds. The summed E-state index contributed by atoms with van der Waals surface area (Å²) in [5, 5.41) is 3.07. The Bertz CT molecular complexity index is 812. The minimum atomic E-state index is -0.0635. The first kappa shape index (κ1) is 17.1. The number of nitrogens with one attached hydrogen (secondary N) is 1. The van der Waals surface area contributed by atoms with E-state index in [0.717, 1.165) is 25.0 Å². The van der Waals surface area contributed by atoms with Crippen molar-refractivity contribution in [1.29, 1.82) is 0 Å². The zero-order valence-electron chi connectivity index (χ0n) is 15.5. The molecule has 3 heteroatoms. The maximum absolute atomic E-state index is 12.4. The summed E-state index contributed by atoms with van der Waals surface area (Å²) in [6.07, 6.45) is 8.21. The van der Waals surface area contributed by atoms with E-state index < -0.39 is 0 Å². The minimum Gasteiger partial charge on any atom is -0.483 e. The van der Waals surface area contributed by atoms with Crippen LogP contribution >= 0.6 is 0 Å². The number of benzene rings is 2. The van der Waals surface area contributed by atoms with E-state index in [-0.39, 0.29) is 18.6 Å². The van der Waals surface area contributed by atoms with Gasteiger partial charge in [-0.05, 0) is 85.8 Å². The molecule has 0 fully saturated rings. The predicted octanol–water partition coefficient (Wildman–Crippen LogP) is 4.31. The number of carbonyl (C=O) groups is 1. The topological polar surface area (TPSA) is 38.3 Å². The standard InChI is InChI=1S/C23H27NO2/c1-16(19-13-12-17-7-4-9-20(17)14-19)24-23(25)15-26-22-11-5-8-18-6-2-3-10-21(18)22/h5,8,11-14,16H,2-4,6-7,9-10,15H2,1H3,(H,24,25). The van der Waals surface area contributed by atoms with Crippen molar-refractivity contribution in [2.45, 2.75) is 57.9 Å². The van der Waals surface area contributed by atoms with E-state index in [1.165, 1.54) is 53.5 Å². The predicted molar refractivity (Wildman–Crippen MR) is 104 cm³/mol. The lowest BCUT2D eigenvalue weighted by Gasteiger charge is -2.20. The third kappa shape index (κ3) is 3.62. The Morgan fingerprint density at radius 2 is 1.81 bits per heavy atom. The van der Waals surface area contributed by atoms with Crippen molar-refractivity contribution >= 4 is 5.91 Å². The number of carbonyl (C=O) groups excluding carboxylic acids is 1. The molecule has 0 aliphatic heterocycles. The molecule has 0 heterocycles. The Hall–Kier alpha value is -2.29. The highest BCUT2D eigenvalue weighted by Gasteiger charge is 2.17. The van der Waals surface area contributed by atoms with Crippen LogP contribution in [0.2, 0.25) is 0 Å². The first-order valence-corrected chi connectivity index (χ1v) is 9.85.